The molecule has 1 aromatic heterocycles. The first-order valence-electron chi connectivity index (χ1n) is 10.1. The number of aromatic nitrogens is 1. The van der Waals surface area contributed by atoms with Crippen LogP contribution >= 0.6 is 11.3 Å². The Morgan fingerprint density at radius 1 is 0.867 bits per heavy atom. The van der Waals surface area contributed by atoms with Crippen molar-refractivity contribution < 1.29 is 4.79 Å². The number of nitrogens with zero attached hydrogens (tertiary/aromatic N) is 1. The third-order valence-electron chi connectivity index (χ3n) is 5.15. The number of nitrogens with one attached hydrogen (secondary N) is 1. The molecule has 0 atom stereocenters. The predicted octanol–water partition coefficient (Wildman–Crippen LogP) is 5.96. The van der Waals surface area contributed by atoms with Gasteiger partial charge >= 0.3 is 0 Å². The van der Waals surface area contributed by atoms with Crippen molar-refractivity contribution in [3.63, 3.8) is 0 Å². The molecule has 0 aliphatic heterocycles. The van der Waals surface area contributed by atoms with Crippen LogP contribution in [0.5, 0.6) is 0 Å². The lowest BCUT2D eigenvalue weighted by Crippen LogP contribution is -2.24. The predicted molar refractivity (Wildman–Crippen MR) is 123 cm³/mol. The molecule has 0 radical (unpaired) electrons. The molecule has 0 aliphatic carbocycles. The molecule has 4 rings (SSSR count). The van der Waals surface area contributed by atoms with Crippen molar-refractivity contribution in [2.45, 2.75) is 25.8 Å². The number of carbonyl (C=O) groups excluding carboxylic acids is 1. The van der Waals surface area contributed by atoms with Crippen molar-refractivity contribution >= 4 is 17.2 Å². The van der Waals surface area contributed by atoms with Crippen LogP contribution in [0.15, 0.2) is 91.0 Å². The van der Waals surface area contributed by atoms with E-state index in [0.29, 0.717) is 13.0 Å². The maximum absolute atomic E-state index is 12.8. The normalized spacial score (nSPS) is 10.9. The monoisotopic (exact) mass is 412 g/mol. The molecule has 0 unspecified atom stereocenters. The molecule has 0 fully saturated rings. The van der Waals surface area contributed by atoms with Gasteiger partial charge in [0.15, 0.2) is 0 Å². The quantitative estimate of drug-likeness (QED) is 0.407. The van der Waals surface area contributed by atoms with Gasteiger partial charge in [-0.05, 0) is 18.1 Å². The van der Waals surface area contributed by atoms with E-state index in [4.69, 9.17) is 0 Å². The summed E-state index contributed by atoms with van der Waals surface area (Å²) in [6.45, 7) is 2.51. The van der Waals surface area contributed by atoms with Gasteiger partial charge in [-0.3, -0.25) is 4.79 Å². The summed E-state index contributed by atoms with van der Waals surface area (Å²) in [7, 11) is 0. The summed E-state index contributed by atoms with van der Waals surface area (Å²) in [6.07, 6.45) is 0.414. The molecular weight excluding hydrogens is 388 g/mol. The lowest BCUT2D eigenvalue weighted by atomic mass is 9.88. The molecule has 3 nitrogen and oxygen atoms in total. The number of aryl methyl sites for hydroxylation is 1. The molecule has 0 aliphatic rings. The summed E-state index contributed by atoms with van der Waals surface area (Å²) in [6, 6.07) is 30.6. The van der Waals surface area contributed by atoms with Crippen LogP contribution in [-0.4, -0.2) is 10.9 Å². The van der Waals surface area contributed by atoms with Crippen molar-refractivity contribution in [2.24, 2.45) is 0 Å². The van der Waals surface area contributed by atoms with Crippen LogP contribution in [-0.2, 0) is 11.3 Å². The smallest absolute Gasteiger partial charge is 0.221 e. The van der Waals surface area contributed by atoms with Crippen LogP contribution in [0.2, 0.25) is 0 Å². The largest absolute Gasteiger partial charge is 0.351 e. The van der Waals surface area contributed by atoms with Gasteiger partial charge in [0.1, 0.15) is 5.01 Å². The van der Waals surface area contributed by atoms with E-state index in [-0.39, 0.29) is 11.8 Å². The molecule has 0 bridgehead atoms. The van der Waals surface area contributed by atoms with E-state index in [1.807, 2.05) is 61.5 Å². The first-order valence-corrected chi connectivity index (χ1v) is 10.9. The maximum Gasteiger partial charge on any atom is 0.221 e. The van der Waals surface area contributed by atoms with Gasteiger partial charge in [-0.1, -0.05) is 91.0 Å². The second-order valence-corrected chi connectivity index (χ2v) is 8.33. The van der Waals surface area contributed by atoms with Gasteiger partial charge in [0.25, 0.3) is 0 Å². The van der Waals surface area contributed by atoms with Gasteiger partial charge in [-0.15, -0.1) is 11.3 Å². The number of amides is 1. The van der Waals surface area contributed by atoms with Crippen molar-refractivity contribution in [2.75, 3.05) is 0 Å². The Balaban J connectivity index is 1.45. The van der Waals surface area contributed by atoms with Gasteiger partial charge in [-0.2, -0.15) is 0 Å². The van der Waals surface area contributed by atoms with Crippen molar-refractivity contribution in [3.05, 3.63) is 113 Å². The number of carbonyl (C=O) groups is 1. The third-order valence-corrected chi connectivity index (χ3v) is 6.36. The summed E-state index contributed by atoms with van der Waals surface area (Å²) in [5.74, 6) is 0.0802. The van der Waals surface area contributed by atoms with Crippen LogP contribution in [0.25, 0.3) is 10.6 Å². The Morgan fingerprint density at radius 2 is 1.40 bits per heavy atom. The van der Waals surface area contributed by atoms with Gasteiger partial charge in [-0.25, -0.2) is 4.98 Å². The van der Waals surface area contributed by atoms with E-state index in [0.717, 1.165) is 32.3 Å². The minimum absolute atomic E-state index is 0.0369. The van der Waals surface area contributed by atoms with Gasteiger partial charge < -0.3 is 5.32 Å². The average Bonchev–Trinajstić information content (AvgIpc) is 3.18. The topological polar surface area (TPSA) is 42.0 Å². The Morgan fingerprint density at radius 3 is 1.97 bits per heavy atom. The van der Waals surface area contributed by atoms with E-state index >= 15 is 0 Å². The molecule has 0 spiro atoms. The minimum atomic E-state index is 0.0369. The molecule has 0 saturated carbocycles. The van der Waals surface area contributed by atoms with E-state index in [1.165, 1.54) is 0 Å². The van der Waals surface area contributed by atoms with Gasteiger partial charge in [0.05, 0.1) is 12.2 Å². The van der Waals surface area contributed by atoms with E-state index in [9.17, 15) is 4.79 Å². The van der Waals surface area contributed by atoms with Gasteiger partial charge in [0.2, 0.25) is 5.91 Å². The zero-order chi connectivity index (χ0) is 20.8. The first kappa shape index (κ1) is 20.0. The second kappa shape index (κ2) is 9.51. The summed E-state index contributed by atoms with van der Waals surface area (Å²) < 4.78 is 0. The minimum Gasteiger partial charge on any atom is -0.351 e. The van der Waals surface area contributed by atoms with E-state index in [1.54, 1.807) is 11.3 Å². The first-order chi connectivity index (χ1) is 14.7. The number of benzene rings is 3. The molecule has 0 saturated heterocycles. The van der Waals surface area contributed by atoms with Crippen LogP contribution < -0.4 is 5.32 Å². The fraction of sp³-hybridized carbons (Fsp3) is 0.154. The Bertz CT molecular complexity index is 1050. The molecule has 1 amide bonds. The Labute approximate surface area is 181 Å². The van der Waals surface area contributed by atoms with Crippen molar-refractivity contribution in [1.29, 1.82) is 0 Å². The van der Waals surface area contributed by atoms with E-state index in [2.05, 4.69) is 46.7 Å². The molecule has 30 heavy (non-hydrogen) atoms. The Hall–Kier alpha value is -3.24. The highest BCUT2D eigenvalue weighted by atomic mass is 32.1. The van der Waals surface area contributed by atoms with Crippen LogP contribution in [0.1, 0.15) is 34.0 Å². The third kappa shape index (κ3) is 4.84. The lowest BCUT2D eigenvalue weighted by Gasteiger charge is -2.18. The van der Waals surface area contributed by atoms with Crippen molar-refractivity contribution in [1.82, 2.24) is 10.3 Å². The SMILES string of the molecule is Cc1nc(-c2ccccc2)sc1CNC(=O)CC(c1ccccc1)c1ccccc1. The summed E-state index contributed by atoms with van der Waals surface area (Å²) in [4.78, 5) is 18.6. The zero-order valence-electron chi connectivity index (χ0n) is 16.9. The fourth-order valence-electron chi connectivity index (χ4n) is 3.53. The van der Waals surface area contributed by atoms with Gasteiger partial charge in [0, 0.05) is 22.8 Å². The second-order valence-electron chi connectivity index (χ2n) is 7.25. The molecule has 1 heterocycles. The summed E-state index contributed by atoms with van der Waals surface area (Å²) >= 11 is 1.64. The summed E-state index contributed by atoms with van der Waals surface area (Å²) in [5, 5.41) is 4.10. The molecule has 3 aromatic carbocycles. The number of hydrogen-bond acceptors (Lipinski definition) is 3. The maximum atomic E-state index is 12.8. The highest BCUT2D eigenvalue weighted by molar-refractivity contribution is 7.15. The zero-order valence-corrected chi connectivity index (χ0v) is 17.7. The van der Waals surface area contributed by atoms with Crippen LogP contribution in [0.4, 0.5) is 0 Å². The highest BCUT2D eigenvalue weighted by Crippen LogP contribution is 2.29. The molecule has 1 N–H and O–H groups in total. The van der Waals surface area contributed by atoms with Crippen LogP contribution in [0.3, 0.4) is 0 Å². The average molecular weight is 413 g/mol. The summed E-state index contributed by atoms with van der Waals surface area (Å²) in [5.41, 5.74) is 4.39. The molecule has 150 valence electrons. The number of hydrogen-bond donors (Lipinski definition) is 1. The number of thiazole rings is 1. The standard InChI is InChI=1S/C26H24N2OS/c1-19-24(30-26(28-19)22-15-9-4-10-16-22)18-27-25(29)17-23(20-11-5-2-6-12-20)21-13-7-3-8-14-21/h2-16,23H,17-18H2,1H3,(H,27,29). The highest BCUT2D eigenvalue weighted by Gasteiger charge is 2.18. The van der Waals surface area contributed by atoms with E-state index < -0.39 is 0 Å². The fourth-order valence-corrected chi connectivity index (χ4v) is 4.54. The number of rotatable bonds is 7. The van der Waals surface area contributed by atoms with Crippen molar-refractivity contribution in [3.8, 4) is 10.6 Å². The lowest BCUT2D eigenvalue weighted by molar-refractivity contribution is -0.121. The molecular formula is C26H24N2OS. The molecule has 4 aromatic rings. The molecule has 4 heteroatoms. The Kier molecular flexibility index (Phi) is 6.35. The van der Waals surface area contributed by atoms with Crippen LogP contribution in [0, 0.1) is 6.92 Å².